The first-order valence-corrected chi connectivity index (χ1v) is 12.4. The van der Waals surface area contributed by atoms with Crippen LogP contribution >= 0.6 is 11.6 Å². The summed E-state index contributed by atoms with van der Waals surface area (Å²) in [6, 6.07) is 14.2. The summed E-state index contributed by atoms with van der Waals surface area (Å²) in [6.45, 7) is 2.72. The van der Waals surface area contributed by atoms with Crippen LogP contribution in [0.25, 0.3) is 0 Å². The standard InChI is InChI=1S/C24H22ClF2N3O3S/c1-16-6-9-23(22(12-16)28-34(32,33)19-5-2-4-18(25)14-19)30-11-3-10-29(24(30)31)15-17-7-8-20(26)21(27)13-17/h2,4-9,12-14,28H,3,10-11,15H2,1H3. The van der Waals surface area contributed by atoms with E-state index in [4.69, 9.17) is 11.6 Å². The third-order valence-electron chi connectivity index (χ3n) is 5.46. The number of nitrogens with zero attached hydrogens (tertiary/aromatic N) is 2. The Bertz CT molecular complexity index is 1350. The first kappa shape index (κ1) is 24.0. The summed E-state index contributed by atoms with van der Waals surface area (Å²) in [7, 11) is -3.97. The van der Waals surface area contributed by atoms with E-state index >= 15 is 0 Å². The zero-order chi connectivity index (χ0) is 24.5. The monoisotopic (exact) mass is 505 g/mol. The van der Waals surface area contributed by atoms with Gasteiger partial charge in [-0.1, -0.05) is 29.8 Å². The molecule has 1 saturated heterocycles. The molecular formula is C24H22ClF2N3O3S. The molecule has 1 aliphatic heterocycles. The Labute approximate surface area is 201 Å². The minimum absolute atomic E-state index is 0.00242. The van der Waals surface area contributed by atoms with Crippen molar-refractivity contribution < 1.29 is 22.0 Å². The summed E-state index contributed by atoms with van der Waals surface area (Å²) in [5.74, 6) is -1.93. The van der Waals surface area contributed by atoms with E-state index in [2.05, 4.69) is 4.72 Å². The van der Waals surface area contributed by atoms with Gasteiger partial charge in [-0.15, -0.1) is 0 Å². The molecule has 10 heteroatoms. The van der Waals surface area contributed by atoms with Crippen LogP contribution in [0.2, 0.25) is 5.02 Å². The third-order valence-corrected chi connectivity index (χ3v) is 7.06. The van der Waals surface area contributed by atoms with Crippen molar-refractivity contribution >= 4 is 39.0 Å². The Kier molecular flexibility index (Phi) is 6.77. The number of hydrogen-bond acceptors (Lipinski definition) is 3. The summed E-state index contributed by atoms with van der Waals surface area (Å²) in [4.78, 5) is 16.3. The van der Waals surface area contributed by atoms with E-state index in [0.717, 1.165) is 17.7 Å². The van der Waals surface area contributed by atoms with E-state index in [-0.39, 0.29) is 28.2 Å². The van der Waals surface area contributed by atoms with Crippen molar-refractivity contribution in [1.29, 1.82) is 0 Å². The van der Waals surface area contributed by atoms with Crippen LogP contribution in [0, 0.1) is 18.6 Å². The van der Waals surface area contributed by atoms with Crippen molar-refractivity contribution in [3.63, 3.8) is 0 Å². The van der Waals surface area contributed by atoms with Crippen LogP contribution in [0.1, 0.15) is 17.5 Å². The van der Waals surface area contributed by atoms with E-state index in [9.17, 15) is 22.0 Å². The van der Waals surface area contributed by atoms with Gasteiger partial charge in [0.2, 0.25) is 0 Å². The number of carbonyl (C=O) groups excluding carboxylic acids is 1. The molecule has 1 heterocycles. The minimum Gasteiger partial charge on any atom is -0.320 e. The molecule has 0 aliphatic carbocycles. The highest BCUT2D eigenvalue weighted by Crippen LogP contribution is 2.32. The Hall–Kier alpha value is -3.17. The van der Waals surface area contributed by atoms with E-state index in [0.29, 0.717) is 30.8 Å². The van der Waals surface area contributed by atoms with Crippen molar-refractivity contribution in [2.75, 3.05) is 22.7 Å². The summed E-state index contributed by atoms with van der Waals surface area (Å²) in [5, 5.41) is 0.284. The van der Waals surface area contributed by atoms with Crippen LogP contribution in [0.15, 0.2) is 65.6 Å². The van der Waals surface area contributed by atoms with E-state index < -0.39 is 21.7 Å². The molecule has 0 spiro atoms. The number of rotatable bonds is 6. The summed E-state index contributed by atoms with van der Waals surface area (Å²) in [5.41, 5.74) is 1.91. The van der Waals surface area contributed by atoms with Gasteiger partial charge in [0.05, 0.1) is 16.3 Å². The van der Waals surface area contributed by atoms with Crippen molar-refractivity contribution in [3.05, 3.63) is 88.4 Å². The Morgan fingerprint density at radius 1 is 1.00 bits per heavy atom. The molecule has 0 saturated carbocycles. The Balaban J connectivity index is 1.62. The van der Waals surface area contributed by atoms with E-state index in [1.165, 1.54) is 28.0 Å². The van der Waals surface area contributed by atoms with Gasteiger partial charge in [-0.2, -0.15) is 0 Å². The van der Waals surface area contributed by atoms with Crippen molar-refractivity contribution in [3.8, 4) is 0 Å². The molecule has 0 aromatic heterocycles. The second-order valence-electron chi connectivity index (χ2n) is 8.04. The normalized spacial score (nSPS) is 14.4. The fourth-order valence-electron chi connectivity index (χ4n) is 3.82. The number of hydrogen-bond donors (Lipinski definition) is 1. The quantitative estimate of drug-likeness (QED) is 0.477. The van der Waals surface area contributed by atoms with Gasteiger partial charge in [0, 0.05) is 24.7 Å². The molecular weight excluding hydrogens is 484 g/mol. The number of urea groups is 1. The summed E-state index contributed by atoms with van der Waals surface area (Å²) >= 11 is 5.96. The van der Waals surface area contributed by atoms with Gasteiger partial charge in [0.15, 0.2) is 11.6 Å². The summed E-state index contributed by atoms with van der Waals surface area (Å²) < 4.78 is 55.5. The van der Waals surface area contributed by atoms with Gasteiger partial charge in [0.1, 0.15) is 0 Å². The maximum atomic E-state index is 13.6. The molecule has 1 N–H and O–H groups in total. The molecule has 0 atom stereocenters. The SMILES string of the molecule is Cc1ccc(N2CCCN(Cc3ccc(F)c(F)c3)C2=O)c(NS(=O)(=O)c2cccc(Cl)c2)c1. The van der Waals surface area contributed by atoms with Crippen molar-refractivity contribution in [1.82, 2.24) is 4.90 Å². The van der Waals surface area contributed by atoms with E-state index in [1.54, 1.807) is 30.3 Å². The molecule has 0 bridgehead atoms. The van der Waals surface area contributed by atoms with Crippen LogP contribution in [0.4, 0.5) is 25.0 Å². The first-order valence-electron chi connectivity index (χ1n) is 10.5. The molecule has 3 aromatic carbocycles. The van der Waals surface area contributed by atoms with Gasteiger partial charge >= 0.3 is 6.03 Å². The van der Waals surface area contributed by atoms with Gasteiger partial charge in [-0.3, -0.25) is 9.62 Å². The molecule has 34 heavy (non-hydrogen) atoms. The lowest BCUT2D eigenvalue weighted by molar-refractivity contribution is 0.192. The van der Waals surface area contributed by atoms with Crippen LogP contribution in [0.3, 0.4) is 0 Å². The first-order chi connectivity index (χ1) is 16.1. The predicted molar refractivity (Wildman–Crippen MR) is 128 cm³/mol. The Morgan fingerprint density at radius 3 is 2.53 bits per heavy atom. The van der Waals surface area contributed by atoms with Gasteiger partial charge < -0.3 is 4.90 Å². The largest absolute Gasteiger partial charge is 0.324 e. The number of aryl methyl sites for hydroxylation is 1. The fraction of sp³-hybridized carbons (Fsp3) is 0.208. The highest BCUT2D eigenvalue weighted by Gasteiger charge is 2.29. The third kappa shape index (κ3) is 5.15. The number of anilines is 2. The predicted octanol–water partition coefficient (Wildman–Crippen LogP) is 5.56. The number of nitrogens with one attached hydrogen (secondary N) is 1. The topological polar surface area (TPSA) is 69.7 Å². The molecule has 6 nitrogen and oxygen atoms in total. The van der Waals surface area contributed by atoms with Crippen LogP contribution < -0.4 is 9.62 Å². The van der Waals surface area contributed by atoms with Gasteiger partial charge in [-0.25, -0.2) is 22.0 Å². The fourth-order valence-corrected chi connectivity index (χ4v) is 5.18. The molecule has 4 rings (SSSR count). The number of halogens is 3. The van der Waals surface area contributed by atoms with Crippen molar-refractivity contribution in [2.24, 2.45) is 0 Å². The van der Waals surface area contributed by atoms with Gasteiger partial charge in [-0.05, 0) is 66.9 Å². The highest BCUT2D eigenvalue weighted by atomic mass is 35.5. The molecule has 1 aliphatic rings. The zero-order valence-electron chi connectivity index (χ0n) is 18.3. The Morgan fingerprint density at radius 2 is 1.79 bits per heavy atom. The second-order valence-corrected chi connectivity index (χ2v) is 10.2. The van der Waals surface area contributed by atoms with Crippen LogP contribution in [0.5, 0.6) is 0 Å². The molecule has 0 unspecified atom stereocenters. The average Bonchev–Trinajstić information content (AvgIpc) is 2.78. The molecule has 3 aromatic rings. The lowest BCUT2D eigenvalue weighted by atomic mass is 10.1. The maximum absolute atomic E-state index is 13.6. The minimum atomic E-state index is -3.97. The molecule has 0 radical (unpaired) electrons. The number of amides is 2. The number of carbonyl (C=O) groups is 1. The molecule has 1 fully saturated rings. The second kappa shape index (κ2) is 9.60. The lowest BCUT2D eigenvalue weighted by Crippen LogP contribution is -2.49. The molecule has 178 valence electrons. The van der Waals surface area contributed by atoms with Crippen LogP contribution in [-0.2, 0) is 16.6 Å². The van der Waals surface area contributed by atoms with Crippen molar-refractivity contribution in [2.45, 2.75) is 24.8 Å². The zero-order valence-corrected chi connectivity index (χ0v) is 19.8. The number of benzene rings is 3. The average molecular weight is 506 g/mol. The number of sulfonamides is 1. The smallest absolute Gasteiger partial charge is 0.320 e. The molecule has 2 amide bonds. The van der Waals surface area contributed by atoms with Gasteiger partial charge in [0.25, 0.3) is 10.0 Å². The van der Waals surface area contributed by atoms with Crippen LogP contribution in [-0.4, -0.2) is 32.4 Å². The lowest BCUT2D eigenvalue weighted by Gasteiger charge is -2.36. The van der Waals surface area contributed by atoms with E-state index in [1.807, 2.05) is 6.92 Å². The summed E-state index contributed by atoms with van der Waals surface area (Å²) in [6.07, 6.45) is 0.615. The highest BCUT2D eigenvalue weighted by molar-refractivity contribution is 7.92. The maximum Gasteiger partial charge on any atom is 0.324 e.